The van der Waals surface area contributed by atoms with Gasteiger partial charge in [-0.25, -0.2) is 4.67 Å². The molecule has 1 aliphatic rings. The van der Waals surface area contributed by atoms with Crippen molar-refractivity contribution >= 4 is 7.52 Å². The van der Waals surface area contributed by atoms with Crippen molar-refractivity contribution in [2.75, 3.05) is 32.8 Å². The molecule has 0 aromatic carbocycles. The van der Waals surface area contributed by atoms with Crippen molar-refractivity contribution in [1.29, 1.82) is 0 Å². The molecule has 0 amide bonds. The molecule has 0 aliphatic carbocycles. The molecule has 0 saturated carbocycles. The van der Waals surface area contributed by atoms with Crippen molar-refractivity contribution < 1.29 is 9.09 Å². The highest BCUT2D eigenvalue weighted by Gasteiger charge is 2.45. The Hall–Kier alpha value is 0.110. The zero-order valence-corrected chi connectivity index (χ0v) is 16.2. The molecular formula is C16H35N2O2P. The predicted octanol–water partition coefficient (Wildman–Crippen LogP) is 4.07. The maximum absolute atomic E-state index is 13.6. The minimum absolute atomic E-state index is 0.0284. The van der Waals surface area contributed by atoms with Gasteiger partial charge < -0.3 is 4.52 Å². The molecule has 0 bridgehead atoms. The second-order valence-electron chi connectivity index (χ2n) is 8.61. The van der Waals surface area contributed by atoms with E-state index in [1.54, 1.807) is 0 Å². The van der Waals surface area contributed by atoms with Gasteiger partial charge in [0, 0.05) is 32.2 Å². The first-order chi connectivity index (χ1) is 9.37. The molecule has 1 heterocycles. The van der Waals surface area contributed by atoms with Crippen LogP contribution in [0.25, 0.3) is 0 Å². The van der Waals surface area contributed by atoms with Gasteiger partial charge in [-0.05, 0) is 40.0 Å². The molecule has 126 valence electrons. The maximum Gasteiger partial charge on any atom is 0.277 e. The van der Waals surface area contributed by atoms with Crippen LogP contribution in [0, 0.1) is 5.41 Å². The van der Waals surface area contributed by atoms with Gasteiger partial charge in [-0.2, -0.15) is 0 Å². The highest BCUT2D eigenvalue weighted by Crippen LogP contribution is 2.62. The van der Waals surface area contributed by atoms with Crippen molar-refractivity contribution in [1.82, 2.24) is 9.57 Å². The maximum atomic E-state index is 13.6. The van der Waals surface area contributed by atoms with Gasteiger partial charge in [0.25, 0.3) is 7.52 Å². The number of piperazine rings is 1. The van der Waals surface area contributed by atoms with E-state index in [9.17, 15) is 4.57 Å². The SMILES string of the molecule is CC(C)N1CCN(P(=O)(OCC(C)(C)C)C(C)(C)C)CC1. The first kappa shape index (κ1) is 19.2. The Morgan fingerprint density at radius 2 is 1.48 bits per heavy atom. The van der Waals surface area contributed by atoms with Crippen molar-refractivity contribution in [3.63, 3.8) is 0 Å². The number of hydrogen-bond acceptors (Lipinski definition) is 3. The summed E-state index contributed by atoms with van der Waals surface area (Å²) in [7, 11) is -2.83. The molecule has 0 aromatic rings. The van der Waals surface area contributed by atoms with Crippen LogP contribution in [0.1, 0.15) is 55.4 Å². The highest BCUT2D eigenvalue weighted by molar-refractivity contribution is 7.58. The van der Waals surface area contributed by atoms with Gasteiger partial charge in [-0.1, -0.05) is 20.8 Å². The molecule has 0 radical (unpaired) electrons. The van der Waals surface area contributed by atoms with Crippen LogP contribution in [0.15, 0.2) is 0 Å². The van der Waals surface area contributed by atoms with E-state index in [2.05, 4.69) is 44.2 Å². The van der Waals surface area contributed by atoms with Crippen LogP contribution >= 0.6 is 7.52 Å². The number of rotatable bonds is 4. The van der Waals surface area contributed by atoms with E-state index in [0.29, 0.717) is 12.6 Å². The van der Waals surface area contributed by atoms with Crippen LogP contribution in [0.5, 0.6) is 0 Å². The molecule has 21 heavy (non-hydrogen) atoms. The lowest BCUT2D eigenvalue weighted by Crippen LogP contribution is -2.49. The summed E-state index contributed by atoms with van der Waals surface area (Å²) in [4.78, 5) is 2.44. The molecule has 0 spiro atoms. The van der Waals surface area contributed by atoms with E-state index in [1.165, 1.54) is 0 Å². The van der Waals surface area contributed by atoms with Crippen LogP contribution in [-0.2, 0) is 9.09 Å². The van der Waals surface area contributed by atoms with E-state index >= 15 is 0 Å². The van der Waals surface area contributed by atoms with Gasteiger partial charge in [0.15, 0.2) is 0 Å². The third-order valence-electron chi connectivity index (χ3n) is 3.91. The van der Waals surface area contributed by atoms with Crippen LogP contribution in [0.3, 0.4) is 0 Å². The summed E-state index contributed by atoms with van der Waals surface area (Å²) in [5.41, 5.74) is 0.0284. The largest absolute Gasteiger partial charge is 0.316 e. The second kappa shape index (κ2) is 6.70. The molecule has 4 nitrogen and oxygen atoms in total. The lowest BCUT2D eigenvalue weighted by Gasteiger charge is -2.44. The van der Waals surface area contributed by atoms with Crippen LogP contribution in [0.2, 0.25) is 0 Å². The molecule has 1 unspecified atom stereocenters. The normalized spacial score (nSPS) is 22.5. The van der Waals surface area contributed by atoms with Gasteiger partial charge in [-0.15, -0.1) is 0 Å². The fraction of sp³-hybridized carbons (Fsp3) is 1.00. The predicted molar refractivity (Wildman–Crippen MR) is 91.0 cm³/mol. The molecule has 1 aliphatic heterocycles. The van der Waals surface area contributed by atoms with E-state index in [-0.39, 0.29) is 10.6 Å². The Kier molecular flexibility index (Phi) is 6.11. The van der Waals surface area contributed by atoms with Gasteiger partial charge in [0.2, 0.25) is 0 Å². The third-order valence-corrected chi connectivity index (χ3v) is 7.23. The Balaban J connectivity index is 2.83. The molecular weight excluding hydrogens is 283 g/mol. The molecule has 1 rings (SSSR count). The molecule has 1 atom stereocenters. The quantitative estimate of drug-likeness (QED) is 0.732. The van der Waals surface area contributed by atoms with E-state index in [1.807, 2.05) is 20.8 Å². The van der Waals surface area contributed by atoms with Crippen molar-refractivity contribution in [2.24, 2.45) is 5.41 Å². The minimum atomic E-state index is -2.83. The standard InChI is InChI=1S/C16H35N2O2P/c1-14(2)17-9-11-18(12-10-17)21(19,16(6,7)8)20-13-15(3,4)5/h14H,9-13H2,1-8H3. The van der Waals surface area contributed by atoms with Crippen LogP contribution in [0.4, 0.5) is 0 Å². The monoisotopic (exact) mass is 318 g/mol. The van der Waals surface area contributed by atoms with Crippen LogP contribution < -0.4 is 0 Å². The number of nitrogens with zero attached hydrogens (tertiary/aromatic N) is 2. The first-order valence-corrected chi connectivity index (χ1v) is 9.69. The van der Waals surface area contributed by atoms with Crippen molar-refractivity contribution in [2.45, 2.75) is 66.6 Å². The lowest BCUT2D eigenvalue weighted by molar-refractivity contribution is 0.121. The zero-order chi connectivity index (χ0) is 16.5. The van der Waals surface area contributed by atoms with E-state index in [4.69, 9.17) is 4.52 Å². The minimum Gasteiger partial charge on any atom is -0.316 e. The highest BCUT2D eigenvalue weighted by atomic mass is 31.2. The summed E-state index contributed by atoms with van der Waals surface area (Å²) in [5, 5.41) is -0.349. The first-order valence-electron chi connectivity index (χ1n) is 8.11. The fourth-order valence-corrected chi connectivity index (χ4v) is 5.14. The summed E-state index contributed by atoms with van der Waals surface area (Å²) in [5.74, 6) is 0. The third kappa shape index (κ3) is 5.06. The smallest absolute Gasteiger partial charge is 0.277 e. The Morgan fingerprint density at radius 1 is 1.00 bits per heavy atom. The molecule has 1 saturated heterocycles. The summed E-state index contributed by atoms with van der Waals surface area (Å²) in [6.07, 6.45) is 0. The summed E-state index contributed by atoms with van der Waals surface area (Å²) in [6.45, 7) is 21.0. The Labute approximate surface area is 131 Å². The molecule has 0 N–H and O–H groups in total. The summed E-state index contributed by atoms with van der Waals surface area (Å²) in [6, 6.07) is 0.552. The Morgan fingerprint density at radius 3 is 1.81 bits per heavy atom. The molecule has 0 aromatic heterocycles. The molecule has 5 heteroatoms. The topological polar surface area (TPSA) is 32.8 Å². The lowest BCUT2D eigenvalue weighted by atomic mass is 9.99. The second-order valence-corrected chi connectivity index (χ2v) is 11.8. The fourth-order valence-electron chi connectivity index (χ4n) is 2.47. The van der Waals surface area contributed by atoms with Crippen molar-refractivity contribution in [3.8, 4) is 0 Å². The van der Waals surface area contributed by atoms with E-state index < -0.39 is 7.52 Å². The van der Waals surface area contributed by atoms with Gasteiger partial charge >= 0.3 is 0 Å². The average Bonchev–Trinajstić information content (AvgIpc) is 2.33. The number of hydrogen-bond donors (Lipinski definition) is 0. The average molecular weight is 318 g/mol. The molecule has 1 fully saturated rings. The Bertz CT molecular complexity index is 375. The summed E-state index contributed by atoms with van der Waals surface area (Å²) >= 11 is 0. The zero-order valence-electron chi connectivity index (χ0n) is 15.3. The van der Waals surface area contributed by atoms with Crippen molar-refractivity contribution in [3.05, 3.63) is 0 Å². The van der Waals surface area contributed by atoms with Gasteiger partial charge in [-0.3, -0.25) is 9.46 Å². The van der Waals surface area contributed by atoms with Gasteiger partial charge in [0.05, 0.1) is 11.8 Å². The summed E-state index contributed by atoms with van der Waals surface area (Å²) < 4.78 is 21.8. The van der Waals surface area contributed by atoms with Crippen LogP contribution in [-0.4, -0.2) is 53.6 Å². The van der Waals surface area contributed by atoms with E-state index in [0.717, 1.165) is 26.2 Å². The van der Waals surface area contributed by atoms with Gasteiger partial charge in [0.1, 0.15) is 0 Å².